The van der Waals surface area contributed by atoms with Gasteiger partial charge in [0.15, 0.2) is 0 Å². The Bertz CT molecular complexity index is 952. The zero-order valence-corrected chi connectivity index (χ0v) is 14.6. The first-order chi connectivity index (χ1) is 12.5. The Morgan fingerprint density at radius 1 is 1.08 bits per heavy atom. The molecule has 0 unspecified atom stereocenters. The molecule has 0 amide bonds. The molecule has 0 aliphatic rings. The molecule has 0 atom stereocenters. The lowest BCUT2D eigenvalue weighted by molar-refractivity contribution is 0.318. The molecule has 3 aromatic rings. The lowest BCUT2D eigenvalue weighted by Crippen LogP contribution is -2.17. The zero-order valence-electron chi connectivity index (χ0n) is 14.6. The van der Waals surface area contributed by atoms with Crippen molar-refractivity contribution in [2.75, 3.05) is 7.05 Å². The van der Waals surface area contributed by atoms with E-state index in [4.69, 9.17) is 5.73 Å². The molecule has 0 saturated carbocycles. The van der Waals surface area contributed by atoms with Crippen LogP contribution in [0.2, 0.25) is 0 Å². The largest absolute Gasteiger partial charge is 0.508 e. The molecule has 4 N–H and O–H groups in total. The first kappa shape index (κ1) is 17.8. The fourth-order valence-corrected chi connectivity index (χ4v) is 2.90. The van der Waals surface area contributed by atoms with Crippen LogP contribution in [-0.2, 0) is 19.6 Å². The maximum Gasteiger partial charge on any atom is 0.251 e. The molecular formula is C20H22N4O2. The fourth-order valence-electron chi connectivity index (χ4n) is 2.90. The van der Waals surface area contributed by atoms with E-state index in [9.17, 15) is 9.90 Å². The highest BCUT2D eigenvalue weighted by atomic mass is 16.3. The second kappa shape index (κ2) is 7.95. The van der Waals surface area contributed by atoms with Gasteiger partial charge in [0.1, 0.15) is 11.6 Å². The first-order valence-electron chi connectivity index (χ1n) is 8.39. The van der Waals surface area contributed by atoms with Gasteiger partial charge in [-0.15, -0.1) is 0 Å². The molecule has 1 heterocycles. The summed E-state index contributed by atoms with van der Waals surface area (Å²) in [6, 6.07) is 16.6. The van der Waals surface area contributed by atoms with Gasteiger partial charge in [-0.05, 0) is 36.4 Å². The summed E-state index contributed by atoms with van der Waals surface area (Å²) in [6.45, 7) is 1.67. The van der Waals surface area contributed by atoms with Gasteiger partial charge in [0, 0.05) is 31.3 Å². The average molecular weight is 350 g/mol. The Labute approximate surface area is 152 Å². The maximum absolute atomic E-state index is 11.8. The van der Waals surface area contributed by atoms with Crippen LogP contribution in [-0.4, -0.2) is 27.0 Å². The van der Waals surface area contributed by atoms with Crippen LogP contribution in [0.1, 0.15) is 16.8 Å². The van der Waals surface area contributed by atoms with Crippen molar-refractivity contribution in [2.24, 2.45) is 5.73 Å². The SMILES string of the molecule is CN(Cc1cccc(O)c1)Cc1cccc(-c2nc(CN)cc(=O)[nH]2)c1. The summed E-state index contributed by atoms with van der Waals surface area (Å²) in [7, 11) is 2.02. The van der Waals surface area contributed by atoms with Crippen LogP contribution < -0.4 is 11.3 Å². The summed E-state index contributed by atoms with van der Waals surface area (Å²) in [6.07, 6.45) is 0. The van der Waals surface area contributed by atoms with E-state index in [1.807, 2.05) is 43.4 Å². The van der Waals surface area contributed by atoms with E-state index in [-0.39, 0.29) is 17.9 Å². The minimum Gasteiger partial charge on any atom is -0.508 e. The molecule has 0 bridgehead atoms. The zero-order chi connectivity index (χ0) is 18.5. The standard InChI is InChI=1S/C20H22N4O2/c1-24(13-15-5-3-7-18(25)9-15)12-14-4-2-6-16(8-14)20-22-17(11-21)10-19(26)23-20/h2-10,25H,11-13,21H2,1H3,(H,22,23,26). The summed E-state index contributed by atoms with van der Waals surface area (Å²) in [5.41, 5.74) is 8.96. The predicted molar refractivity (Wildman–Crippen MR) is 101 cm³/mol. The fraction of sp³-hybridized carbons (Fsp3) is 0.200. The molecule has 6 nitrogen and oxygen atoms in total. The molecule has 0 spiro atoms. The van der Waals surface area contributed by atoms with Gasteiger partial charge < -0.3 is 15.8 Å². The third kappa shape index (κ3) is 4.56. The quantitative estimate of drug-likeness (QED) is 0.634. The van der Waals surface area contributed by atoms with Crippen molar-refractivity contribution in [3.63, 3.8) is 0 Å². The molecular weight excluding hydrogens is 328 g/mol. The van der Waals surface area contributed by atoms with Crippen LogP contribution in [0.4, 0.5) is 0 Å². The third-order valence-electron chi connectivity index (χ3n) is 4.02. The summed E-state index contributed by atoms with van der Waals surface area (Å²) < 4.78 is 0. The predicted octanol–water partition coefficient (Wildman–Crippen LogP) is 2.23. The second-order valence-electron chi connectivity index (χ2n) is 6.33. The molecule has 26 heavy (non-hydrogen) atoms. The van der Waals surface area contributed by atoms with Crippen LogP contribution in [0, 0.1) is 0 Å². The number of phenols is 1. The van der Waals surface area contributed by atoms with Gasteiger partial charge in [0.2, 0.25) is 0 Å². The summed E-state index contributed by atoms with van der Waals surface area (Å²) in [4.78, 5) is 21.1. The van der Waals surface area contributed by atoms with Crippen molar-refractivity contribution in [1.29, 1.82) is 0 Å². The molecule has 134 valence electrons. The number of H-pyrrole nitrogens is 1. The van der Waals surface area contributed by atoms with E-state index in [0.29, 0.717) is 11.5 Å². The molecule has 0 fully saturated rings. The Hall–Kier alpha value is -2.96. The Morgan fingerprint density at radius 2 is 1.77 bits per heavy atom. The Morgan fingerprint density at radius 3 is 2.46 bits per heavy atom. The van der Waals surface area contributed by atoms with Gasteiger partial charge >= 0.3 is 0 Å². The molecule has 1 aromatic heterocycles. The monoisotopic (exact) mass is 350 g/mol. The van der Waals surface area contributed by atoms with Crippen LogP contribution in [0.15, 0.2) is 59.4 Å². The van der Waals surface area contributed by atoms with Gasteiger partial charge in [0.05, 0.1) is 5.69 Å². The number of nitrogens with zero attached hydrogens (tertiary/aromatic N) is 2. The van der Waals surface area contributed by atoms with Gasteiger partial charge in [-0.3, -0.25) is 9.69 Å². The number of nitrogens with one attached hydrogen (secondary N) is 1. The minimum atomic E-state index is -0.207. The van der Waals surface area contributed by atoms with Crippen molar-refractivity contribution < 1.29 is 5.11 Å². The number of benzene rings is 2. The van der Waals surface area contributed by atoms with E-state index in [1.54, 1.807) is 12.1 Å². The molecule has 3 rings (SSSR count). The van der Waals surface area contributed by atoms with Crippen molar-refractivity contribution >= 4 is 0 Å². The summed E-state index contributed by atoms with van der Waals surface area (Å²) in [5, 5.41) is 9.58. The number of aromatic hydroxyl groups is 1. The van der Waals surface area contributed by atoms with Crippen molar-refractivity contribution in [1.82, 2.24) is 14.9 Å². The topological polar surface area (TPSA) is 95.2 Å². The van der Waals surface area contributed by atoms with E-state index in [2.05, 4.69) is 14.9 Å². The average Bonchev–Trinajstić information content (AvgIpc) is 2.61. The number of rotatable bonds is 6. The number of hydrogen-bond donors (Lipinski definition) is 3. The van der Waals surface area contributed by atoms with Crippen LogP contribution in [0.3, 0.4) is 0 Å². The second-order valence-corrected chi connectivity index (χ2v) is 6.33. The van der Waals surface area contributed by atoms with Crippen LogP contribution in [0.5, 0.6) is 5.75 Å². The normalized spacial score (nSPS) is 11.0. The van der Waals surface area contributed by atoms with Crippen molar-refractivity contribution in [3.05, 3.63) is 81.8 Å². The van der Waals surface area contributed by atoms with E-state index in [0.717, 1.165) is 29.8 Å². The minimum absolute atomic E-state index is 0.207. The number of phenolic OH excluding ortho intramolecular Hbond substituents is 1. The Balaban J connectivity index is 1.77. The number of aromatic amines is 1. The maximum atomic E-state index is 11.8. The van der Waals surface area contributed by atoms with Gasteiger partial charge in [-0.2, -0.15) is 0 Å². The summed E-state index contributed by atoms with van der Waals surface area (Å²) >= 11 is 0. The highest BCUT2D eigenvalue weighted by Crippen LogP contribution is 2.18. The molecule has 0 radical (unpaired) electrons. The number of hydrogen-bond acceptors (Lipinski definition) is 5. The molecule has 0 aliphatic carbocycles. The molecule has 6 heteroatoms. The molecule has 0 saturated heterocycles. The van der Waals surface area contributed by atoms with E-state index >= 15 is 0 Å². The Kier molecular flexibility index (Phi) is 5.46. The third-order valence-corrected chi connectivity index (χ3v) is 4.02. The highest BCUT2D eigenvalue weighted by Gasteiger charge is 2.07. The lowest BCUT2D eigenvalue weighted by atomic mass is 10.1. The highest BCUT2D eigenvalue weighted by molar-refractivity contribution is 5.56. The number of nitrogens with two attached hydrogens (primary N) is 1. The van der Waals surface area contributed by atoms with Gasteiger partial charge in [-0.1, -0.05) is 30.3 Å². The van der Waals surface area contributed by atoms with Crippen molar-refractivity contribution in [2.45, 2.75) is 19.6 Å². The van der Waals surface area contributed by atoms with Gasteiger partial charge in [-0.25, -0.2) is 4.98 Å². The molecule has 2 aromatic carbocycles. The summed E-state index contributed by atoms with van der Waals surface area (Å²) in [5.74, 6) is 0.795. The lowest BCUT2D eigenvalue weighted by Gasteiger charge is -2.17. The van der Waals surface area contributed by atoms with E-state index in [1.165, 1.54) is 6.07 Å². The van der Waals surface area contributed by atoms with E-state index < -0.39 is 0 Å². The molecule has 0 aliphatic heterocycles. The first-order valence-corrected chi connectivity index (χ1v) is 8.39. The van der Waals surface area contributed by atoms with Gasteiger partial charge in [0.25, 0.3) is 5.56 Å². The smallest absolute Gasteiger partial charge is 0.251 e. The number of aromatic nitrogens is 2. The van der Waals surface area contributed by atoms with Crippen LogP contribution >= 0.6 is 0 Å². The van der Waals surface area contributed by atoms with Crippen molar-refractivity contribution in [3.8, 4) is 17.1 Å². The van der Waals surface area contributed by atoms with Crippen LogP contribution in [0.25, 0.3) is 11.4 Å².